The Morgan fingerprint density at radius 3 is 2.15 bits per heavy atom. The van der Waals surface area contributed by atoms with E-state index in [1.165, 1.54) is 6.07 Å². The van der Waals surface area contributed by atoms with Crippen LogP contribution in [0, 0.1) is 11.3 Å². The van der Waals surface area contributed by atoms with Crippen LogP contribution >= 0.6 is 0 Å². The maximum absolute atomic E-state index is 12.7. The Labute approximate surface area is 180 Å². The maximum atomic E-state index is 12.7. The van der Waals surface area contributed by atoms with E-state index in [0.717, 1.165) is 6.20 Å². The number of nitrogens with one attached hydrogen (secondary N) is 1. The van der Waals surface area contributed by atoms with E-state index in [2.05, 4.69) is 15.0 Å². The van der Waals surface area contributed by atoms with Crippen LogP contribution < -0.4 is 5.32 Å². The highest BCUT2D eigenvalue weighted by Crippen LogP contribution is 2.59. The summed E-state index contributed by atoms with van der Waals surface area (Å²) in [4.78, 5) is 28.1. The number of pyridine rings is 1. The lowest BCUT2D eigenvalue weighted by atomic mass is 9.91. The van der Waals surface area contributed by atoms with Crippen LogP contribution in [0.2, 0.25) is 0 Å². The molecule has 2 fully saturated rings. The largest absolute Gasteiger partial charge is 0.434 e. The Kier molecular flexibility index (Phi) is 6.21. The standard InChI is InChI=1S/C18H16F9N3O3/c19-16(20,21)11-7-9(1-4-28-11)29-12(31)10-8-15(10)2-5-30(6-3-15)14(32)33-13(17(22,23)24)18(25,26)27/h1,4,7,10,13H,2-3,5-6,8H2,(H,28,29,31). The van der Waals surface area contributed by atoms with Crippen molar-refractivity contribution in [3.05, 3.63) is 24.0 Å². The van der Waals surface area contributed by atoms with E-state index >= 15 is 0 Å². The molecule has 1 saturated carbocycles. The molecule has 33 heavy (non-hydrogen) atoms. The number of likely N-dealkylation sites (tertiary alicyclic amines) is 1. The van der Waals surface area contributed by atoms with Crippen LogP contribution in [-0.4, -0.2) is 53.4 Å². The number of alkyl halides is 9. The number of amides is 2. The van der Waals surface area contributed by atoms with E-state index < -0.39 is 53.7 Å². The van der Waals surface area contributed by atoms with Gasteiger partial charge in [0.05, 0.1) is 0 Å². The number of carbonyl (C=O) groups excluding carboxylic acids is 2. The lowest BCUT2D eigenvalue weighted by Crippen LogP contribution is -2.49. The molecule has 0 aromatic carbocycles. The van der Waals surface area contributed by atoms with Crippen LogP contribution in [-0.2, 0) is 15.7 Å². The number of halogens is 9. The molecule has 1 unspecified atom stereocenters. The first kappa shape index (κ1) is 24.9. The first-order chi connectivity index (χ1) is 15.0. The summed E-state index contributed by atoms with van der Waals surface area (Å²) in [5, 5.41) is 2.35. The molecule has 2 aliphatic rings. The van der Waals surface area contributed by atoms with Crippen molar-refractivity contribution in [2.75, 3.05) is 18.4 Å². The summed E-state index contributed by atoms with van der Waals surface area (Å²) < 4.78 is 117. The molecule has 15 heteroatoms. The van der Waals surface area contributed by atoms with Gasteiger partial charge in [-0.2, -0.15) is 39.5 Å². The predicted molar refractivity (Wildman–Crippen MR) is 91.6 cm³/mol. The summed E-state index contributed by atoms with van der Waals surface area (Å²) in [7, 11) is 0. The summed E-state index contributed by atoms with van der Waals surface area (Å²) in [6, 6.07) is 1.82. The lowest BCUT2D eigenvalue weighted by Gasteiger charge is -2.33. The fourth-order valence-electron chi connectivity index (χ4n) is 3.79. The molecule has 2 amide bonds. The molecular weight excluding hydrogens is 477 g/mol. The van der Waals surface area contributed by atoms with Gasteiger partial charge in [-0.1, -0.05) is 0 Å². The first-order valence-electron chi connectivity index (χ1n) is 9.46. The van der Waals surface area contributed by atoms with E-state index in [4.69, 9.17) is 0 Å². The van der Waals surface area contributed by atoms with Gasteiger partial charge >= 0.3 is 24.6 Å². The normalized spacial score (nSPS) is 20.7. The zero-order valence-corrected chi connectivity index (χ0v) is 16.4. The number of aromatic nitrogens is 1. The highest BCUT2D eigenvalue weighted by atomic mass is 19.4. The number of ether oxygens (including phenoxy) is 1. The molecule has 2 heterocycles. The minimum atomic E-state index is -5.83. The quantitative estimate of drug-likeness (QED) is 0.616. The molecule has 6 nitrogen and oxygen atoms in total. The Morgan fingerprint density at radius 2 is 1.64 bits per heavy atom. The summed E-state index contributed by atoms with van der Waals surface area (Å²) in [6.07, 6.45) is -21.0. The summed E-state index contributed by atoms with van der Waals surface area (Å²) in [5.74, 6) is -1.21. The number of piperidine rings is 1. The molecule has 1 spiro atoms. The topological polar surface area (TPSA) is 71.5 Å². The molecule has 1 aliphatic heterocycles. The fourth-order valence-corrected chi connectivity index (χ4v) is 3.79. The molecule has 1 atom stereocenters. The molecule has 3 rings (SSSR count). The Hall–Kier alpha value is -2.74. The zero-order chi connectivity index (χ0) is 24.8. The van der Waals surface area contributed by atoms with Crippen molar-refractivity contribution < 1.29 is 53.8 Å². The molecule has 0 radical (unpaired) electrons. The van der Waals surface area contributed by atoms with Crippen LogP contribution in [0.5, 0.6) is 0 Å². The lowest BCUT2D eigenvalue weighted by molar-refractivity contribution is -0.308. The average Bonchev–Trinajstić information content (AvgIpc) is 3.37. The van der Waals surface area contributed by atoms with Gasteiger partial charge in [-0.15, -0.1) is 0 Å². The smallest absolute Gasteiger partial charge is 0.426 e. The SMILES string of the molecule is O=C(Nc1ccnc(C(F)(F)F)c1)C1CC12CCN(C(=O)OC(C(F)(F)F)C(F)(F)F)CC2. The van der Waals surface area contributed by atoms with E-state index in [-0.39, 0.29) is 31.6 Å². The minimum Gasteiger partial charge on any atom is -0.426 e. The van der Waals surface area contributed by atoms with E-state index in [1.54, 1.807) is 0 Å². The zero-order valence-electron chi connectivity index (χ0n) is 16.4. The second-order valence-corrected chi connectivity index (χ2v) is 7.87. The molecule has 1 aromatic heterocycles. The first-order valence-corrected chi connectivity index (χ1v) is 9.46. The summed E-state index contributed by atoms with van der Waals surface area (Å²) in [6.45, 7) is -0.475. The van der Waals surface area contributed by atoms with Crippen molar-refractivity contribution in [3.8, 4) is 0 Å². The van der Waals surface area contributed by atoms with Crippen molar-refractivity contribution in [3.63, 3.8) is 0 Å². The van der Waals surface area contributed by atoms with Gasteiger partial charge in [0.25, 0.3) is 6.10 Å². The van der Waals surface area contributed by atoms with E-state index in [0.29, 0.717) is 17.4 Å². The van der Waals surface area contributed by atoms with Gasteiger partial charge in [0.2, 0.25) is 5.91 Å². The molecule has 1 aliphatic carbocycles. The van der Waals surface area contributed by atoms with Gasteiger partial charge in [0.15, 0.2) is 0 Å². The van der Waals surface area contributed by atoms with Gasteiger partial charge in [0.1, 0.15) is 5.69 Å². The number of carbonyl (C=O) groups is 2. The summed E-state index contributed by atoms with van der Waals surface area (Å²) >= 11 is 0. The van der Waals surface area contributed by atoms with E-state index in [9.17, 15) is 49.1 Å². The molecule has 0 bridgehead atoms. The maximum Gasteiger partial charge on any atom is 0.434 e. The number of rotatable bonds is 3. The van der Waals surface area contributed by atoms with Gasteiger partial charge < -0.3 is 15.0 Å². The second-order valence-electron chi connectivity index (χ2n) is 7.87. The Morgan fingerprint density at radius 1 is 1.06 bits per heavy atom. The molecule has 184 valence electrons. The number of hydrogen-bond donors (Lipinski definition) is 1. The molecule has 1 saturated heterocycles. The third kappa shape index (κ3) is 5.61. The molecule has 1 aromatic rings. The van der Waals surface area contributed by atoms with Crippen molar-refractivity contribution in [2.45, 2.75) is 43.9 Å². The average molecular weight is 493 g/mol. The second kappa shape index (κ2) is 8.24. The van der Waals surface area contributed by atoms with Gasteiger partial charge in [0, 0.05) is 30.9 Å². The monoisotopic (exact) mass is 493 g/mol. The minimum absolute atomic E-state index is 0.104. The van der Waals surface area contributed by atoms with Gasteiger partial charge in [-0.05, 0) is 36.8 Å². The number of anilines is 1. The highest BCUT2D eigenvalue weighted by Gasteiger charge is 2.61. The van der Waals surface area contributed by atoms with Crippen molar-refractivity contribution in [1.29, 1.82) is 0 Å². The Balaban J connectivity index is 1.55. The number of hydrogen-bond acceptors (Lipinski definition) is 4. The number of nitrogens with zero attached hydrogens (tertiary/aromatic N) is 2. The van der Waals surface area contributed by atoms with Gasteiger partial charge in [-0.25, -0.2) is 4.79 Å². The van der Waals surface area contributed by atoms with Crippen LogP contribution in [0.4, 0.5) is 50.0 Å². The van der Waals surface area contributed by atoms with Gasteiger partial charge in [-0.3, -0.25) is 9.78 Å². The van der Waals surface area contributed by atoms with Crippen LogP contribution in [0.15, 0.2) is 18.3 Å². The van der Waals surface area contributed by atoms with E-state index in [1.807, 2.05) is 0 Å². The predicted octanol–water partition coefficient (Wildman–Crippen LogP) is 4.77. The fraction of sp³-hybridized carbons (Fsp3) is 0.611. The van der Waals surface area contributed by atoms with Crippen molar-refractivity contribution in [2.24, 2.45) is 11.3 Å². The van der Waals surface area contributed by atoms with Crippen LogP contribution in [0.3, 0.4) is 0 Å². The third-order valence-electron chi connectivity index (χ3n) is 5.65. The Bertz CT molecular complexity index is 892. The molecule has 1 N–H and O–H groups in total. The summed E-state index contributed by atoms with van der Waals surface area (Å²) in [5.41, 5.74) is -1.97. The van der Waals surface area contributed by atoms with Crippen molar-refractivity contribution in [1.82, 2.24) is 9.88 Å². The molecular formula is C18H16F9N3O3. The van der Waals surface area contributed by atoms with Crippen LogP contribution in [0.25, 0.3) is 0 Å². The highest BCUT2D eigenvalue weighted by molar-refractivity contribution is 5.95. The van der Waals surface area contributed by atoms with Crippen LogP contribution in [0.1, 0.15) is 25.0 Å². The third-order valence-corrected chi connectivity index (χ3v) is 5.65. The van der Waals surface area contributed by atoms with Crippen molar-refractivity contribution >= 4 is 17.7 Å².